The van der Waals surface area contributed by atoms with Gasteiger partial charge in [0.15, 0.2) is 0 Å². The average Bonchev–Trinajstić information content (AvgIpc) is 2.54. The Hall–Kier alpha value is -1.17. The van der Waals surface area contributed by atoms with Gasteiger partial charge in [-0.3, -0.25) is 4.90 Å². The fourth-order valence-electron chi connectivity index (χ4n) is 3.67. The van der Waals surface area contributed by atoms with Crippen LogP contribution in [0.1, 0.15) is 13.8 Å². The maximum absolute atomic E-state index is 2.55. The molecule has 21 heavy (non-hydrogen) atoms. The minimum atomic E-state index is -1.29. The van der Waals surface area contributed by atoms with Crippen molar-refractivity contribution in [2.75, 3.05) is 19.4 Å². The summed E-state index contributed by atoms with van der Waals surface area (Å²) in [7, 11) is 0.991. The van der Waals surface area contributed by atoms with Crippen LogP contribution < -0.4 is 10.6 Å². The zero-order valence-corrected chi connectivity index (χ0v) is 14.1. The van der Waals surface area contributed by atoms with Crippen LogP contribution in [0.15, 0.2) is 60.7 Å². The highest BCUT2D eigenvalue weighted by atomic mass is 31.2. The first kappa shape index (κ1) is 14.8. The van der Waals surface area contributed by atoms with Gasteiger partial charge in [0.1, 0.15) is 0 Å². The van der Waals surface area contributed by atoms with E-state index < -0.39 is 7.26 Å². The van der Waals surface area contributed by atoms with Gasteiger partial charge in [-0.2, -0.15) is 0 Å². The van der Waals surface area contributed by atoms with E-state index in [4.69, 9.17) is 0 Å². The lowest BCUT2D eigenvalue weighted by Gasteiger charge is -2.43. The lowest BCUT2D eigenvalue weighted by atomic mass is 10.2. The van der Waals surface area contributed by atoms with Crippen LogP contribution in [0.3, 0.4) is 0 Å². The van der Waals surface area contributed by atoms with E-state index in [1.165, 1.54) is 12.3 Å². The van der Waals surface area contributed by atoms with E-state index in [2.05, 4.69) is 86.5 Å². The van der Waals surface area contributed by atoms with E-state index in [-0.39, 0.29) is 0 Å². The van der Waals surface area contributed by atoms with Crippen LogP contribution in [-0.4, -0.2) is 36.4 Å². The van der Waals surface area contributed by atoms with Crippen LogP contribution in [0.5, 0.6) is 0 Å². The van der Waals surface area contributed by atoms with Crippen molar-refractivity contribution in [2.24, 2.45) is 0 Å². The summed E-state index contributed by atoms with van der Waals surface area (Å²) in [5, 5.41) is 3.14. The molecule has 0 radical (unpaired) electrons. The van der Waals surface area contributed by atoms with Gasteiger partial charge in [0.25, 0.3) is 0 Å². The molecule has 2 aromatic carbocycles. The summed E-state index contributed by atoms with van der Waals surface area (Å²) >= 11 is 0. The van der Waals surface area contributed by atoms with Crippen molar-refractivity contribution in [3.05, 3.63) is 60.7 Å². The van der Waals surface area contributed by atoms with Gasteiger partial charge < -0.3 is 0 Å². The Kier molecular flexibility index (Phi) is 4.15. The molecule has 1 aliphatic heterocycles. The van der Waals surface area contributed by atoms with E-state index in [1.54, 1.807) is 10.6 Å². The maximum Gasteiger partial charge on any atom is 0.0993 e. The predicted molar refractivity (Wildman–Crippen MR) is 95.5 cm³/mol. The minimum absolute atomic E-state index is 0.641. The van der Waals surface area contributed by atoms with Gasteiger partial charge in [0.05, 0.1) is 30.2 Å². The van der Waals surface area contributed by atoms with Gasteiger partial charge in [-0.25, -0.2) is 0 Å². The highest BCUT2D eigenvalue weighted by Crippen LogP contribution is 2.60. The number of hydrogen-bond acceptors (Lipinski definition) is 1. The van der Waals surface area contributed by atoms with Crippen molar-refractivity contribution in [1.29, 1.82) is 0 Å². The summed E-state index contributed by atoms with van der Waals surface area (Å²) in [4.78, 5) is 2.55. The van der Waals surface area contributed by atoms with Gasteiger partial charge in [-0.15, -0.1) is 0 Å². The van der Waals surface area contributed by atoms with Crippen LogP contribution in [-0.2, 0) is 0 Å². The first-order valence-electron chi connectivity index (χ1n) is 7.84. The second-order valence-electron chi connectivity index (χ2n) is 6.37. The molecule has 2 atom stereocenters. The Morgan fingerprint density at radius 3 is 1.52 bits per heavy atom. The average molecular weight is 298 g/mol. The summed E-state index contributed by atoms with van der Waals surface area (Å²) in [6, 6.07) is 23.8. The first-order chi connectivity index (χ1) is 10.1. The molecule has 1 aliphatic rings. The topological polar surface area (TPSA) is 3.24 Å². The van der Waals surface area contributed by atoms with Crippen LogP contribution in [0.2, 0.25) is 0 Å². The molecular weight excluding hydrogens is 273 g/mol. The van der Waals surface area contributed by atoms with Crippen molar-refractivity contribution >= 4 is 17.9 Å². The summed E-state index contributed by atoms with van der Waals surface area (Å²) < 4.78 is 0. The van der Waals surface area contributed by atoms with Crippen molar-refractivity contribution < 1.29 is 0 Å². The van der Waals surface area contributed by atoms with E-state index in [1.807, 2.05) is 0 Å². The minimum Gasteiger partial charge on any atom is -0.294 e. The molecular formula is C19H25NP+. The normalized spacial score (nSPS) is 25.7. The Balaban J connectivity index is 2.13. The van der Waals surface area contributed by atoms with Crippen LogP contribution in [0.25, 0.3) is 0 Å². The molecule has 1 fully saturated rings. The molecule has 0 bridgehead atoms. The summed E-state index contributed by atoms with van der Waals surface area (Å²) in [5.41, 5.74) is 0. The standard InChI is InChI=1S/C19H25NP/c1-16-14-21(15-17(2)20(16)3,18-10-6-4-7-11-18)19-12-8-5-9-13-19/h4-13,16-17H,14-15H2,1-3H3/q+1/t16-,17+. The van der Waals surface area contributed by atoms with E-state index in [0.29, 0.717) is 12.1 Å². The second-order valence-corrected chi connectivity index (χ2v) is 10.1. The first-order valence-corrected chi connectivity index (χ1v) is 10.00. The van der Waals surface area contributed by atoms with E-state index >= 15 is 0 Å². The second kappa shape index (κ2) is 5.91. The fraction of sp³-hybridized carbons (Fsp3) is 0.368. The van der Waals surface area contributed by atoms with Crippen LogP contribution in [0.4, 0.5) is 0 Å². The number of hydrogen-bond donors (Lipinski definition) is 0. The molecule has 0 aliphatic carbocycles. The fourth-order valence-corrected chi connectivity index (χ4v) is 8.76. The van der Waals surface area contributed by atoms with Gasteiger partial charge in [-0.1, -0.05) is 36.4 Å². The molecule has 0 amide bonds. The number of rotatable bonds is 2. The summed E-state index contributed by atoms with van der Waals surface area (Å²) in [6.07, 6.45) is 2.59. The van der Waals surface area contributed by atoms with Gasteiger partial charge in [0, 0.05) is 12.1 Å². The van der Waals surface area contributed by atoms with E-state index in [0.717, 1.165) is 0 Å². The molecule has 110 valence electrons. The van der Waals surface area contributed by atoms with E-state index in [9.17, 15) is 0 Å². The smallest absolute Gasteiger partial charge is 0.0993 e. The Morgan fingerprint density at radius 2 is 1.14 bits per heavy atom. The molecule has 0 N–H and O–H groups in total. The summed E-state index contributed by atoms with van der Waals surface area (Å²) in [5.74, 6) is 0. The van der Waals surface area contributed by atoms with Gasteiger partial charge in [0.2, 0.25) is 0 Å². The molecule has 1 nitrogen and oxygen atoms in total. The molecule has 0 aromatic heterocycles. The molecule has 0 unspecified atom stereocenters. The van der Waals surface area contributed by atoms with Gasteiger partial charge >= 0.3 is 0 Å². The van der Waals surface area contributed by atoms with Crippen molar-refractivity contribution in [3.8, 4) is 0 Å². The monoisotopic (exact) mass is 298 g/mol. The maximum atomic E-state index is 2.55. The highest BCUT2D eigenvalue weighted by Gasteiger charge is 2.49. The lowest BCUT2D eigenvalue weighted by molar-refractivity contribution is 0.216. The van der Waals surface area contributed by atoms with Crippen molar-refractivity contribution in [1.82, 2.24) is 4.90 Å². The Bertz CT molecular complexity index is 528. The zero-order chi connectivity index (χ0) is 14.9. The molecule has 2 aromatic rings. The van der Waals surface area contributed by atoms with Crippen molar-refractivity contribution in [3.63, 3.8) is 0 Å². The SMILES string of the molecule is C[C@@H]1C[P+](c2ccccc2)(c2ccccc2)C[C@H](C)N1C. The van der Waals surface area contributed by atoms with Crippen molar-refractivity contribution in [2.45, 2.75) is 25.9 Å². The summed E-state index contributed by atoms with van der Waals surface area (Å²) in [6.45, 7) is 4.77. The number of nitrogens with zero attached hydrogens (tertiary/aromatic N) is 1. The lowest BCUT2D eigenvalue weighted by Crippen LogP contribution is -2.51. The molecule has 0 spiro atoms. The van der Waals surface area contributed by atoms with Crippen LogP contribution in [0, 0.1) is 0 Å². The Labute approximate surface area is 129 Å². The third kappa shape index (κ3) is 2.65. The Morgan fingerprint density at radius 1 is 0.762 bits per heavy atom. The molecule has 1 heterocycles. The molecule has 1 saturated heterocycles. The molecule has 2 heteroatoms. The highest BCUT2D eigenvalue weighted by molar-refractivity contribution is 7.89. The molecule has 0 saturated carbocycles. The number of benzene rings is 2. The van der Waals surface area contributed by atoms with Gasteiger partial charge in [-0.05, 0) is 45.2 Å². The third-order valence-corrected chi connectivity index (χ3v) is 9.92. The zero-order valence-electron chi connectivity index (χ0n) is 13.2. The largest absolute Gasteiger partial charge is 0.294 e. The predicted octanol–water partition coefficient (Wildman–Crippen LogP) is 3.38. The molecule has 3 rings (SSSR count). The third-order valence-electron chi connectivity index (χ3n) is 5.04. The van der Waals surface area contributed by atoms with Crippen LogP contribution >= 0.6 is 7.26 Å². The quantitative estimate of drug-likeness (QED) is 0.768.